The van der Waals surface area contributed by atoms with Gasteiger partial charge in [-0.15, -0.1) is 11.8 Å². The molecule has 0 saturated carbocycles. The van der Waals surface area contributed by atoms with Crippen LogP contribution in [-0.4, -0.2) is 55.1 Å². The molecule has 1 aromatic rings. The van der Waals surface area contributed by atoms with Gasteiger partial charge in [0.05, 0.1) is 17.4 Å². The number of thioether (sulfide) groups is 1. The van der Waals surface area contributed by atoms with Crippen molar-refractivity contribution >= 4 is 17.4 Å². The van der Waals surface area contributed by atoms with Gasteiger partial charge >= 0.3 is 0 Å². The normalized spacial score (nSPS) is 21.8. The zero-order valence-electron chi connectivity index (χ0n) is 12.9. The van der Waals surface area contributed by atoms with Crippen LogP contribution in [0.25, 0.3) is 0 Å². The molecule has 1 aromatic carbocycles. The summed E-state index contributed by atoms with van der Waals surface area (Å²) in [6.45, 7) is 3.58. The zero-order valence-corrected chi connectivity index (χ0v) is 13.7. The molecule has 1 aliphatic heterocycles. The average Bonchev–Trinajstić information content (AvgIpc) is 2.78. The molecule has 4 nitrogen and oxygen atoms in total. The van der Waals surface area contributed by atoms with E-state index in [0.29, 0.717) is 6.54 Å². The minimum Gasteiger partial charge on any atom is -0.391 e. The van der Waals surface area contributed by atoms with E-state index in [1.54, 1.807) is 11.8 Å². The van der Waals surface area contributed by atoms with Gasteiger partial charge in [-0.25, -0.2) is 0 Å². The Bertz CT molecular complexity index is 527. The van der Waals surface area contributed by atoms with E-state index in [9.17, 15) is 10.4 Å². The van der Waals surface area contributed by atoms with Gasteiger partial charge in [0.2, 0.25) is 0 Å². The minimum atomic E-state index is -0.316. The van der Waals surface area contributed by atoms with Gasteiger partial charge in [-0.1, -0.05) is 13.0 Å². The fraction of sp³-hybridized carbons (Fsp3) is 0.562. The summed E-state index contributed by atoms with van der Waals surface area (Å²) >= 11 is 1.69. The van der Waals surface area contributed by atoms with Gasteiger partial charge in [-0.3, -0.25) is 0 Å². The lowest BCUT2D eigenvalue weighted by Gasteiger charge is -2.29. The Hall–Kier alpha value is -1.22. The van der Waals surface area contributed by atoms with E-state index in [4.69, 9.17) is 0 Å². The number of likely N-dealkylation sites (N-methyl/N-ethyl adjacent to an activating group) is 1. The van der Waals surface area contributed by atoms with Crippen molar-refractivity contribution < 1.29 is 5.11 Å². The molecule has 0 amide bonds. The van der Waals surface area contributed by atoms with Crippen LogP contribution in [0.15, 0.2) is 23.1 Å². The first-order chi connectivity index (χ1) is 10.1. The Balaban J connectivity index is 2.35. The van der Waals surface area contributed by atoms with Crippen molar-refractivity contribution in [1.29, 1.82) is 5.26 Å². The molecule has 2 atom stereocenters. The van der Waals surface area contributed by atoms with Crippen molar-refractivity contribution in [1.82, 2.24) is 4.90 Å². The van der Waals surface area contributed by atoms with Gasteiger partial charge in [0.1, 0.15) is 6.07 Å². The maximum absolute atomic E-state index is 10.0. The van der Waals surface area contributed by atoms with Crippen molar-refractivity contribution in [2.45, 2.75) is 30.4 Å². The SMILES string of the molecule is CCSc1cccc(N2CC(O)CC2CN(C)C)c1C#N. The highest BCUT2D eigenvalue weighted by atomic mass is 32.2. The molecule has 0 radical (unpaired) electrons. The monoisotopic (exact) mass is 305 g/mol. The number of aliphatic hydroxyl groups excluding tert-OH is 1. The van der Waals surface area contributed by atoms with Gasteiger partial charge in [0.15, 0.2) is 0 Å². The van der Waals surface area contributed by atoms with Crippen molar-refractivity contribution in [3.63, 3.8) is 0 Å². The fourth-order valence-corrected chi connectivity index (χ4v) is 3.71. The molecule has 5 heteroatoms. The van der Waals surface area contributed by atoms with Crippen molar-refractivity contribution in [2.75, 3.05) is 37.8 Å². The summed E-state index contributed by atoms with van der Waals surface area (Å²) in [6, 6.07) is 8.62. The van der Waals surface area contributed by atoms with Crippen LogP contribution < -0.4 is 4.90 Å². The highest BCUT2D eigenvalue weighted by Crippen LogP contribution is 2.34. The molecule has 1 aliphatic rings. The topological polar surface area (TPSA) is 50.5 Å². The molecule has 114 valence electrons. The molecular formula is C16H23N3OS. The smallest absolute Gasteiger partial charge is 0.103 e. The van der Waals surface area contributed by atoms with Crippen LogP contribution >= 0.6 is 11.8 Å². The highest BCUT2D eigenvalue weighted by molar-refractivity contribution is 7.99. The van der Waals surface area contributed by atoms with E-state index < -0.39 is 0 Å². The van der Waals surface area contributed by atoms with Crippen LogP contribution in [0.3, 0.4) is 0 Å². The Kier molecular flexibility index (Phi) is 5.51. The summed E-state index contributed by atoms with van der Waals surface area (Å²) in [6.07, 6.45) is 0.442. The van der Waals surface area contributed by atoms with Crippen LogP contribution in [0.2, 0.25) is 0 Å². The summed E-state index contributed by atoms with van der Waals surface area (Å²) < 4.78 is 0. The number of aliphatic hydroxyl groups is 1. The third kappa shape index (κ3) is 3.70. The molecule has 2 unspecified atom stereocenters. The fourth-order valence-electron chi connectivity index (χ4n) is 2.93. The van der Waals surface area contributed by atoms with E-state index in [-0.39, 0.29) is 12.1 Å². The van der Waals surface area contributed by atoms with Crippen molar-refractivity contribution in [3.05, 3.63) is 23.8 Å². The molecule has 21 heavy (non-hydrogen) atoms. The summed E-state index contributed by atoms with van der Waals surface area (Å²) in [5.74, 6) is 0.946. The Labute approximate surface area is 131 Å². The molecule has 0 spiro atoms. The Morgan fingerprint density at radius 1 is 1.48 bits per heavy atom. The standard InChI is InChI=1S/C16H23N3OS/c1-4-21-16-7-5-6-15(14(16)9-17)19-11-13(20)8-12(19)10-18(2)3/h5-7,12-13,20H,4,8,10-11H2,1-3H3. The minimum absolute atomic E-state index is 0.254. The van der Waals surface area contributed by atoms with Crippen molar-refractivity contribution in [2.24, 2.45) is 0 Å². The number of benzene rings is 1. The van der Waals surface area contributed by atoms with E-state index in [1.807, 2.05) is 32.3 Å². The second-order valence-corrected chi connectivity index (χ2v) is 6.96. The third-order valence-electron chi connectivity index (χ3n) is 3.69. The van der Waals surface area contributed by atoms with Gasteiger partial charge in [-0.05, 0) is 38.4 Å². The average molecular weight is 305 g/mol. The van der Waals surface area contributed by atoms with Crippen LogP contribution in [0.5, 0.6) is 0 Å². The molecule has 1 fully saturated rings. The summed E-state index contributed by atoms with van der Waals surface area (Å²) in [7, 11) is 4.08. The van der Waals surface area contributed by atoms with E-state index in [0.717, 1.165) is 34.9 Å². The quantitative estimate of drug-likeness (QED) is 0.845. The van der Waals surface area contributed by atoms with Crippen LogP contribution in [0.4, 0.5) is 5.69 Å². The van der Waals surface area contributed by atoms with Gasteiger partial charge in [0, 0.05) is 24.0 Å². The molecule has 1 N–H and O–H groups in total. The Morgan fingerprint density at radius 3 is 2.86 bits per heavy atom. The number of nitriles is 1. The lowest BCUT2D eigenvalue weighted by atomic mass is 10.1. The van der Waals surface area contributed by atoms with E-state index in [1.165, 1.54) is 0 Å². The molecule has 1 heterocycles. The van der Waals surface area contributed by atoms with Crippen LogP contribution in [0, 0.1) is 11.3 Å². The molecule has 0 aromatic heterocycles. The van der Waals surface area contributed by atoms with Crippen LogP contribution in [0.1, 0.15) is 18.9 Å². The second-order valence-electron chi connectivity index (χ2n) is 5.65. The molecule has 1 saturated heterocycles. The summed E-state index contributed by atoms with van der Waals surface area (Å²) in [5.41, 5.74) is 1.70. The summed E-state index contributed by atoms with van der Waals surface area (Å²) in [5, 5.41) is 19.6. The van der Waals surface area contributed by atoms with Gasteiger partial charge in [-0.2, -0.15) is 5.26 Å². The molecule has 0 bridgehead atoms. The maximum Gasteiger partial charge on any atom is 0.103 e. The van der Waals surface area contributed by atoms with Crippen molar-refractivity contribution in [3.8, 4) is 6.07 Å². The number of hydrogen-bond donors (Lipinski definition) is 1. The molecular weight excluding hydrogens is 282 g/mol. The van der Waals surface area contributed by atoms with Gasteiger partial charge in [0.25, 0.3) is 0 Å². The van der Waals surface area contributed by atoms with E-state index >= 15 is 0 Å². The number of anilines is 1. The number of β-amino-alcohol motifs (C(OH)–C–C–N with tert-alkyl or cyclic N) is 1. The number of rotatable bonds is 5. The lowest BCUT2D eigenvalue weighted by Crippen LogP contribution is -2.38. The maximum atomic E-state index is 10.0. The first kappa shape index (κ1) is 16.2. The van der Waals surface area contributed by atoms with Gasteiger partial charge < -0.3 is 14.9 Å². The largest absolute Gasteiger partial charge is 0.391 e. The predicted molar refractivity (Wildman–Crippen MR) is 87.9 cm³/mol. The first-order valence-corrected chi connectivity index (χ1v) is 8.30. The van der Waals surface area contributed by atoms with Crippen LogP contribution in [-0.2, 0) is 0 Å². The molecule has 0 aliphatic carbocycles. The number of hydrogen-bond acceptors (Lipinski definition) is 5. The second kappa shape index (κ2) is 7.17. The Morgan fingerprint density at radius 2 is 2.24 bits per heavy atom. The first-order valence-electron chi connectivity index (χ1n) is 7.32. The summed E-state index contributed by atoms with van der Waals surface area (Å²) in [4.78, 5) is 5.36. The molecule has 2 rings (SSSR count). The predicted octanol–water partition coefficient (Wildman–Crippen LogP) is 2.17. The van der Waals surface area contributed by atoms with E-state index in [2.05, 4.69) is 22.8 Å². The zero-order chi connectivity index (χ0) is 15.4. The highest BCUT2D eigenvalue weighted by Gasteiger charge is 2.32. The lowest BCUT2D eigenvalue weighted by molar-refractivity contribution is 0.191. The third-order valence-corrected chi connectivity index (χ3v) is 4.63. The number of nitrogens with zero attached hydrogens (tertiary/aromatic N) is 3.